The van der Waals surface area contributed by atoms with Gasteiger partial charge in [-0.2, -0.15) is 0 Å². The fraction of sp³-hybridized carbons (Fsp3) is 0.250. The Hall–Kier alpha value is -3.78. The molecule has 1 N–H and O–H groups in total. The lowest BCUT2D eigenvalue weighted by Gasteiger charge is -2.16. The minimum absolute atomic E-state index is 0.146. The summed E-state index contributed by atoms with van der Waals surface area (Å²) in [7, 11) is 3.05. The van der Waals surface area contributed by atoms with E-state index in [0.717, 1.165) is 10.5 Å². The number of rotatable bonds is 8. The van der Waals surface area contributed by atoms with E-state index in [4.69, 9.17) is 9.47 Å². The van der Waals surface area contributed by atoms with Gasteiger partial charge in [0.2, 0.25) is 11.8 Å². The normalized spacial score (nSPS) is 15.4. The number of methoxy groups -OCH3 is 2. The van der Waals surface area contributed by atoms with Gasteiger partial charge in [-0.3, -0.25) is 14.4 Å². The van der Waals surface area contributed by atoms with Crippen LogP contribution in [0.3, 0.4) is 0 Å². The number of amides is 3. The van der Waals surface area contributed by atoms with Crippen LogP contribution in [0.2, 0.25) is 0 Å². The van der Waals surface area contributed by atoms with Gasteiger partial charge in [-0.15, -0.1) is 11.8 Å². The summed E-state index contributed by atoms with van der Waals surface area (Å²) in [6, 6.07) is 19.7. The average Bonchev–Trinajstić information content (AvgIpc) is 3.16. The number of carbonyl (C=O) groups is 3. The van der Waals surface area contributed by atoms with Gasteiger partial charge in [0.15, 0.2) is 11.5 Å². The van der Waals surface area contributed by atoms with Crippen LogP contribution in [0.5, 0.6) is 11.5 Å². The van der Waals surface area contributed by atoms with Gasteiger partial charge < -0.3 is 14.8 Å². The van der Waals surface area contributed by atoms with Crippen molar-refractivity contribution < 1.29 is 23.9 Å². The van der Waals surface area contributed by atoms with E-state index >= 15 is 0 Å². The van der Waals surface area contributed by atoms with E-state index in [9.17, 15) is 14.4 Å². The Morgan fingerprint density at radius 2 is 1.61 bits per heavy atom. The molecule has 1 unspecified atom stereocenters. The van der Waals surface area contributed by atoms with Crippen LogP contribution in [0.15, 0.2) is 71.6 Å². The number of nitrogens with zero attached hydrogens (tertiary/aromatic N) is 1. The standard InChI is InChI=1S/C28H28N2O5S/c1-17(2)18-5-10-21(11-6-18)30-26(31)16-25(28(30)33)36-22-12-8-20(9-13-22)29-27(32)19-7-14-23(34-3)24(15-19)35-4/h5-15,17,25H,16H2,1-4H3,(H,29,32). The molecule has 186 valence electrons. The Labute approximate surface area is 214 Å². The van der Waals surface area contributed by atoms with Gasteiger partial charge in [0.25, 0.3) is 5.91 Å². The topological polar surface area (TPSA) is 84.9 Å². The lowest BCUT2D eigenvalue weighted by Crippen LogP contribution is -2.31. The molecule has 8 heteroatoms. The van der Waals surface area contributed by atoms with Crippen LogP contribution >= 0.6 is 11.8 Å². The summed E-state index contributed by atoms with van der Waals surface area (Å²) in [4.78, 5) is 40.4. The van der Waals surface area contributed by atoms with Crippen molar-refractivity contribution >= 4 is 40.9 Å². The van der Waals surface area contributed by atoms with Crippen LogP contribution in [0, 0.1) is 0 Å². The lowest BCUT2D eigenvalue weighted by molar-refractivity contribution is -0.121. The highest BCUT2D eigenvalue weighted by molar-refractivity contribution is 8.00. The van der Waals surface area contributed by atoms with Crippen molar-refractivity contribution in [1.82, 2.24) is 0 Å². The number of imide groups is 1. The minimum Gasteiger partial charge on any atom is -0.493 e. The first-order valence-electron chi connectivity index (χ1n) is 11.6. The molecule has 0 saturated carbocycles. The number of hydrogen-bond acceptors (Lipinski definition) is 6. The first-order valence-corrected chi connectivity index (χ1v) is 12.5. The number of benzene rings is 3. The summed E-state index contributed by atoms with van der Waals surface area (Å²) in [5.41, 5.74) is 2.80. The zero-order valence-electron chi connectivity index (χ0n) is 20.6. The molecule has 3 aromatic rings. The Balaban J connectivity index is 1.39. The fourth-order valence-corrected chi connectivity index (χ4v) is 4.99. The highest BCUT2D eigenvalue weighted by Gasteiger charge is 2.40. The van der Waals surface area contributed by atoms with Crippen molar-refractivity contribution in [2.45, 2.75) is 36.3 Å². The van der Waals surface area contributed by atoms with Crippen LogP contribution in [-0.2, 0) is 9.59 Å². The Kier molecular flexibility index (Phi) is 7.64. The molecular formula is C28H28N2O5S. The zero-order chi connectivity index (χ0) is 25.8. The van der Waals surface area contributed by atoms with Gasteiger partial charge >= 0.3 is 0 Å². The van der Waals surface area contributed by atoms with Gasteiger partial charge in [0, 0.05) is 22.6 Å². The molecular weight excluding hydrogens is 476 g/mol. The summed E-state index contributed by atoms with van der Waals surface area (Å²) in [5.74, 6) is 0.687. The highest BCUT2D eigenvalue weighted by atomic mass is 32.2. The molecule has 0 spiro atoms. The zero-order valence-corrected chi connectivity index (χ0v) is 21.4. The first-order chi connectivity index (χ1) is 17.3. The lowest BCUT2D eigenvalue weighted by atomic mass is 10.0. The third-order valence-corrected chi connectivity index (χ3v) is 7.16. The molecule has 1 atom stereocenters. The smallest absolute Gasteiger partial charge is 0.255 e. The van der Waals surface area contributed by atoms with Gasteiger partial charge in [0.05, 0.1) is 25.2 Å². The van der Waals surface area contributed by atoms with Crippen molar-refractivity contribution in [3.05, 3.63) is 77.9 Å². The molecule has 36 heavy (non-hydrogen) atoms. The molecule has 1 saturated heterocycles. The Bertz CT molecular complexity index is 1270. The highest BCUT2D eigenvalue weighted by Crippen LogP contribution is 2.35. The van der Waals surface area contributed by atoms with Crippen LogP contribution < -0.4 is 19.7 Å². The van der Waals surface area contributed by atoms with Crippen molar-refractivity contribution in [3.63, 3.8) is 0 Å². The predicted molar refractivity (Wildman–Crippen MR) is 141 cm³/mol. The Morgan fingerprint density at radius 1 is 0.944 bits per heavy atom. The summed E-state index contributed by atoms with van der Waals surface area (Å²) in [6.07, 6.45) is 0.146. The third-order valence-electron chi connectivity index (χ3n) is 5.96. The van der Waals surface area contributed by atoms with Gasteiger partial charge in [-0.1, -0.05) is 26.0 Å². The second kappa shape index (κ2) is 10.9. The third kappa shape index (κ3) is 5.39. The quantitative estimate of drug-likeness (QED) is 0.408. The number of carbonyl (C=O) groups excluding carboxylic acids is 3. The Morgan fingerprint density at radius 3 is 2.22 bits per heavy atom. The van der Waals surface area contributed by atoms with E-state index in [-0.39, 0.29) is 24.1 Å². The predicted octanol–water partition coefficient (Wildman–Crippen LogP) is 5.50. The van der Waals surface area contributed by atoms with E-state index in [0.29, 0.717) is 34.4 Å². The largest absolute Gasteiger partial charge is 0.493 e. The minimum atomic E-state index is -0.491. The summed E-state index contributed by atoms with van der Waals surface area (Å²) in [6.45, 7) is 4.20. The van der Waals surface area contributed by atoms with E-state index in [1.165, 1.54) is 30.9 Å². The van der Waals surface area contributed by atoms with E-state index in [1.54, 1.807) is 30.3 Å². The molecule has 3 amide bonds. The maximum atomic E-state index is 13.0. The van der Waals surface area contributed by atoms with Gasteiger partial charge in [-0.25, -0.2) is 4.90 Å². The van der Waals surface area contributed by atoms with E-state index < -0.39 is 5.25 Å². The molecule has 0 aromatic heterocycles. The van der Waals surface area contributed by atoms with E-state index in [2.05, 4.69) is 19.2 Å². The summed E-state index contributed by atoms with van der Waals surface area (Å²) >= 11 is 1.35. The number of hydrogen-bond donors (Lipinski definition) is 1. The second-order valence-electron chi connectivity index (χ2n) is 8.67. The first kappa shape index (κ1) is 25.3. The second-order valence-corrected chi connectivity index (χ2v) is 9.95. The maximum Gasteiger partial charge on any atom is 0.255 e. The molecule has 1 aliphatic heterocycles. The van der Waals surface area contributed by atoms with Crippen molar-refractivity contribution in [3.8, 4) is 11.5 Å². The van der Waals surface area contributed by atoms with Crippen LogP contribution in [0.1, 0.15) is 42.1 Å². The van der Waals surface area contributed by atoms with Crippen LogP contribution in [-0.4, -0.2) is 37.2 Å². The molecule has 0 radical (unpaired) electrons. The SMILES string of the molecule is COc1ccc(C(=O)Nc2ccc(SC3CC(=O)N(c4ccc(C(C)C)cc4)C3=O)cc2)cc1OC. The summed E-state index contributed by atoms with van der Waals surface area (Å²) in [5, 5.41) is 2.36. The monoisotopic (exact) mass is 504 g/mol. The molecule has 0 aliphatic carbocycles. The molecule has 7 nitrogen and oxygen atoms in total. The number of ether oxygens (including phenoxy) is 2. The molecule has 1 fully saturated rings. The molecule has 3 aromatic carbocycles. The molecule has 1 heterocycles. The van der Waals surface area contributed by atoms with Crippen LogP contribution in [0.4, 0.5) is 11.4 Å². The number of nitrogens with one attached hydrogen (secondary N) is 1. The van der Waals surface area contributed by atoms with Crippen molar-refractivity contribution in [2.24, 2.45) is 0 Å². The average molecular weight is 505 g/mol. The van der Waals surface area contributed by atoms with Crippen molar-refractivity contribution in [2.75, 3.05) is 24.4 Å². The fourth-order valence-electron chi connectivity index (χ4n) is 3.94. The van der Waals surface area contributed by atoms with Crippen molar-refractivity contribution in [1.29, 1.82) is 0 Å². The van der Waals surface area contributed by atoms with Crippen LogP contribution in [0.25, 0.3) is 0 Å². The van der Waals surface area contributed by atoms with Gasteiger partial charge in [-0.05, 0) is 66.1 Å². The molecule has 4 rings (SSSR count). The van der Waals surface area contributed by atoms with E-state index in [1.807, 2.05) is 36.4 Å². The molecule has 1 aliphatic rings. The summed E-state index contributed by atoms with van der Waals surface area (Å²) < 4.78 is 10.5. The number of thioether (sulfide) groups is 1. The maximum absolute atomic E-state index is 13.0. The molecule has 0 bridgehead atoms. The van der Waals surface area contributed by atoms with Gasteiger partial charge in [0.1, 0.15) is 0 Å². The number of anilines is 2.